The zero-order chi connectivity index (χ0) is 16.9. The van der Waals surface area contributed by atoms with Crippen LogP contribution in [0, 0.1) is 0 Å². The van der Waals surface area contributed by atoms with Crippen molar-refractivity contribution in [3.05, 3.63) is 54.1 Å². The van der Waals surface area contributed by atoms with Crippen LogP contribution in [0.4, 0.5) is 5.69 Å². The summed E-state index contributed by atoms with van der Waals surface area (Å²) in [4.78, 5) is 18.0. The number of carbonyl (C=O) groups excluding carboxylic acids is 1. The summed E-state index contributed by atoms with van der Waals surface area (Å²) in [5, 5.41) is 0. The van der Waals surface area contributed by atoms with E-state index < -0.39 is 0 Å². The van der Waals surface area contributed by atoms with E-state index in [1.165, 1.54) is 4.90 Å². The van der Waals surface area contributed by atoms with Gasteiger partial charge in [-0.1, -0.05) is 6.07 Å². The van der Waals surface area contributed by atoms with Crippen LogP contribution in [0.2, 0.25) is 0 Å². The van der Waals surface area contributed by atoms with Crippen molar-refractivity contribution < 1.29 is 9.53 Å². The van der Waals surface area contributed by atoms with Crippen LogP contribution >= 0.6 is 11.8 Å². The summed E-state index contributed by atoms with van der Waals surface area (Å²) >= 11 is 1.68. The lowest BCUT2D eigenvalue weighted by atomic mass is 10.1. The Balaban J connectivity index is 1.62. The SMILES string of the molecule is COc1cccc(N2CCN(C(=O)c3ccc(SC)cc3)CC2)c1. The maximum absolute atomic E-state index is 12.6. The van der Waals surface area contributed by atoms with Crippen LogP contribution in [0.5, 0.6) is 5.75 Å². The predicted octanol–water partition coefficient (Wildman–Crippen LogP) is 3.38. The summed E-state index contributed by atoms with van der Waals surface area (Å²) in [6.07, 6.45) is 2.04. The number of nitrogens with zero attached hydrogens (tertiary/aromatic N) is 2. The van der Waals surface area contributed by atoms with Gasteiger partial charge in [0, 0.05) is 48.4 Å². The van der Waals surface area contributed by atoms with Crippen molar-refractivity contribution in [2.24, 2.45) is 0 Å². The van der Waals surface area contributed by atoms with Crippen molar-refractivity contribution in [2.75, 3.05) is 44.4 Å². The fourth-order valence-electron chi connectivity index (χ4n) is 2.89. The fourth-order valence-corrected chi connectivity index (χ4v) is 3.30. The zero-order valence-electron chi connectivity index (χ0n) is 14.1. The van der Waals surface area contributed by atoms with Crippen molar-refractivity contribution in [1.29, 1.82) is 0 Å². The third-order valence-electron chi connectivity index (χ3n) is 4.32. The number of methoxy groups -OCH3 is 1. The fraction of sp³-hybridized carbons (Fsp3) is 0.316. The first-order chi connectivity index (χ1) is 11.7. The van der Waals surface area contributed by atoms with Gasteiger partial charge in [0.05, 0.1) is 7.11 Å². The van der Waals surface area contributed by atoms with Crippen LogP contribution in [0.1, 0.15) is 10.4 Å². The highest BCUT2D eigenvalue weighted by atomic mass is 32.2. The summed E-state index contributed by atoms with van der Waals surface area (Å²) in [5.41, 5.74) is 1.91. The van der Waals surface area contributed by atoms with E-state index in [0.29, 0.717) is 0 Å². The number of hydrogen-bond donors (Lipinski definition) is 0. The molecular weight excluding hydrogens is 320 g/mol. The van der Waals surface area contributed by atoms with Gasteiger partial charge in [-0.2, -0.15) is 0 Å². The molecule has 2 aromatic rings. The normalized spacial score (nSPS) is 14.6. The summed E-state index contributed by atoms with van der Waals surface area (Å²) in [5.74, 6) is 0.979. The number of piperazine rings is 1. The number of rotatable bonds is 4. The van der Waals surface area contributed by atoms with Gasteiger partial charge in [-0.3, -0.25) is 4.79 Å². The number of anilines is 1. The third-order valence-corrected chi connectivity index (χ3v) is 5.07. The van der Waals surface area contributed by atoms with Crippen molar-refractivity contribution in [1.82, 2.24) is 4.90 Å². The highest BCUT2D eigenvalue weighted by molar-refractivity contribution is 7.98. The molecule has 0 atom stereocenters. The van der Waals surface area contributed by atoms with Crippen molar-refractivity contribution in [2.45, 2.75) is 4.90 Å². The third kappa shape index (κ3) is 3.67. The molecule has 126 valence electrons. The minimum absolute atomic E-state index is 0.118. The van der Waals surface area contributed by atoms with E-state index in [1.807, 2.05) is 53.6 Å². The molecule has 1 amide bonds. The largest absolute Gasteiger partial charge is 0.497 e. The molecule has 1 saturated heterocycles. The molecular formula is C19H22N2O2S. The van der Waals surface area contributed by atoms with Crippen molar-refractivity contribution in [3.8, 4) is 5.75 Å². The Morgan fingerprint density at radius 3 is 2.38 bits per heavy atom. The van der Waals surface area contributed by atoms with Crippen LogP contribution in [0.25, 0.3) is 0 Å². The number of hydrogen-bond acceptors (Lipinski definition) is 4. The lowest BCUT2D eigenvalue weighted by Crippen LogP contribution is -2.48. The Kier molecular flexibility index (Phi) is 5.30. The van der Waals surface area contributed by atoms with Gasteiger partial charge in [0.1, 0.15) is 5.75 Å². The zero-order valence-corrected chi connectivity index (χ0v) is 14.9. The van der Waals surface area contributed by atoms with Crippen molar-refractivity contribution in [3.63, 3.8) is 0 Å². The van der Waals surface area contributed by atoms with Crippen molar-refractivity contribution >= 4 is 23.4 Å². The van der Waals surface area contributed by atoms with E-state index >= 15 is 0 Å². The van der Waals surface area contributed by atoms with Gasteiger partial charge in [0.15, 0.2) is 0 Å². The standard InChI is InChI=1S/C19H22N2O2S/c1-23-17-5-3-4-16(14-17)20-10-12-21(13-11-20)19(22)15-6-8-18(24-2)9-7-15/h3-9,14H,10-13H2,1-2H3. The number of benzene rings is 2. The molecule has 0 aliphatic carbocycles. The lowest BCUT2D eigenvalue weighted by Gasteiger charge is -2.36. The summed E-state index contributed by atoms with van der Waals surface area (Å²) in [7, 11) is 1.68. The Bertz CT molecular complexity index is 695. The van der Waals surface area contributed by atoms with Crippen LogP contribution in [0.15, 0.2) is 53.4 Å². The average molecular weight is 342 g/mol. The molecule has 0 spiro atoms. The second-order valence-corrected chi connectivity index (χ2v) is 6.59. The van der Waals surface area contributed by atoms with E-state index in [4.69, 9.17) is 4.74 Å². The van der Waals surface area contributed by atoms with Gasteiger partial charge >= 0.3 is 0 Å². The first-order valence-electron chi connectivity index (χ1n) is 8.03. The second-order valence-electron chi connectivity index (χ2n) is 5.71. The maximum atomic E-state index is 12.6. The minimum Gasteiger partial charge on any atom is -0.497 e. The molecule has 0 bridgehead atoms. The van der Waals surface area contributed by atoms with Gasteiger partial charge in [0.25, 0.3) is 5.91 Å². The maximum Gasteiger partial charge on any atom is 0.253 e. The molecule has 1 heterocycles. The molecule has 0 radical (unpaired) electrons. The molecule has 2 aromatic carbocycles. The number of ether oxygens (including phenoxy) is 1. The van der Waals surface area contributed by atoms with Gasteiger partial charge in [-0.05, 0) is 42.7 Å². The highest BCUT2D eigenvalue weighted by Gasteiger charge is 2.22. The number of thioether (sulfide) groups is 1. The first-order valence-corrected chi connectivity index (χ1v) is 9.26. The Hall–Kier alpha value is -2.14. The number of amides is 1. The average Bonchev–Trinajstić information content (AvgIpc) is 2.67. The summed E-state index contributed by atoms with van der Waals surface area (Å²) < 4.78 is 5.29. The molecule has 1 aliphatic heterocycles. The Morgan fingerprint density at radius 1 is 1.04 bits per heavy atom. The predicted molar refractivity (Wildman–Crippen MR) is 99.3 cm³/mol. The van der Waals surface area contributed by atoms with Gasteiger partial charge in [0.2, 0.25) is 0 Å². The quantitative estimate of drug-likeness (QED) is 0.798. The molecule has 0 aromatic heterocycles. The molecule has 3 rings (SSSR count). The van der Waals surface area contributed by atoms with E-state index in [2.05, 4.69) is 11.0 Å². The summed E-state index contributed by atoms with van der Waals surface area (Å²) in [6.45, 7) is 3.14. The monoisotopic (exact) mass is 342 g/mol. The molecule has 0 unspecified atom stereocenters. The topological polar surface area (TPSA) is 32.8 Å². The minimum atomic E-state index is 0.118. The molecule has 0 N–H and O–H groups in total. The van der Waals surface area contributed by atoms with E-state index in [1.54, 1.807) is 18.9 Å². The molecule has 0 saturated carbocycles. The van der Waals surface area contributed by atoms with Crippen LogP contribution in [-0.2, 0) is 0 Å². The Morgan fingerprint density at radius 2 is 1.75 bits per heavy atom. The second kappa shape index (κ2) is 7.62. The first kappa shape index (κ1) is 16.7. The highest BCUT2D eigenvalue weighted by Crippen LogP contribution is 2.23. The molecule has 24 heavy (non-hydrogen) atoms. The van der Waals surface area contributed by atoms with Crippen LogP contribution in [-0.4, -0.2) is 50.4 Å². The molecule has 4 nitrogen and oxygen atoms in total. The number of carbonyl (C=O) groups is 1. The lowest BCUT2D eigenvalue weighted by molar-refractivity contribution is 0.0746. The van der Waals surface area contributed by atoms with E-state index in [-0.39, 0.29) is 5.91 Å². The molecule has 5 heteroatoms. The van der Waals surface area contributed by atoms with Crippen LogP contribution in [0.3, 0.4) is 0 Å². The molecule has 1 aliphatic rings. The van der Waals surface area contributed by atoms with Gasteiger partial charge in [-0.15, -0.1) is 11.8 Å². The van der Waals surface area contributed by atoms with Gasteiger partial charge < -0.3 is 14.5 Å². The molecule has 1 fully saturated rings. The van der Waals surface area contributed by atoms with Gasteiger partial charge in [-0.25, -0.2) is 0 Å². The van der Waals surface area contributed by atoms with Crippen LogP contribution < -0.4 is 9.64 Å². The van der Waals surface area contributed by atoms with E-state index in [9.17, 15) is 4.79 Å². The van der Waals surface area contributed by atoms with E-state index in [0.717, 1.165) is 43.2 Å². The summed E-state index contributed by atoms with van der Waals surface area (Å²) in [6, 6.07) is 15.9. The Labute approximate surface area is 147 Å². The smallest absolute Gasteiger partial charge is 0.253 e.